The number of hydrogen-bond donors (Lipinski definition) is 3. The van der Waals surface area contributed by atoms with Gasteiger partial charge in [0.2, 0.25) is 5.91 Å². The van der Waals surface area contributed by atoms with E-state index in [0.717, 1.165) is 11.1 Å². The van der Waals surface area contributed by atoms with Gasteiger partial charge in [0.15, 0.2) is 0 Å². The summed E-state index contributed by atoms with van der Waals surface area (Å²) in [5.41, 5.74) is 4.67. The fourth-order valence-corrected chi connectivity index (χ4v) is 5.82. The number of ether oxygens (including phenoxy) is 1. The van der Waals surface area contributed by atoms with Gasteiger partial charge in [0.25, 0.3) is 0 Å². The molecule has 1 unspecified atom stereocenters. The molecule has 0 spiro atoms. The average molecular weight is 479 g/mol. The van der Waals surface area contributed by atoms with E-state index in [0.29, 0.717) is 25.7 Å². The Morgan fingerprint density at radius 3 is 2.14 bits per heavy atom. The lowest BCUT2D eigenvalue weighted by molar-refractivity contribution is -0.150. The lowest BCUT2D eigenvalue weighted by Gasteiger charge is -2.32. The maximum absolute atomic E-state index is 12.9. The molecule has 3 N–H and O–H groups in total. The summed E-state index contributed by atoms with van der Waals surface area (Å²) in [6.45, 7) is 0.315. The maximum atomic E-state index is 12.9. The number of nitrogens with one attached hydrogen (secondary N) is 1. The van der Waals surface area contributed by atoms with E-state index < -0.39 is 24.2 Å². The number of carboxylic acid groups (broad SMARTS) is 1. The number of aliphatic hydroxyl groups is 1. The highest BCUT2D eigenvalue weighted by Crippen LogP contribution is 2.44. The van der Waals surface area contributed by atoms with Crippen LogP contribution in [0, 0.1) is 5.92 Å². The van der Waals surface area contributed by atoms with E-state index in [4.69, 9.17) is 4.74 Å². The van der Waals surface area contributed by atoms with Crippen LogP contribution in [0.4, 0.5) is 4.79 Å². The summed E-state index contributed by atoms with van der Waals surface area (Å²) in [5, 5.41) is 22.1. The Bertz CT molecular complexity index is 1080. The second-order valence-electron chi connectivity index (χ2n) is 9.75. The minimum absolute atomic E-state index is 0.000462. The summed E-state index contributed by atoms with van der Waals surface area (Å²) in [6.07, 6.45) is 1.17. The maximum Gasteiger partial charge on any atom is 0.407 e. The molecule has 1 saturated carbocycles. The van der Waals surface area contributed by atoms with Crippen LogP contribution >= 0.6 is 0 Å². The highest BCUT2D eigenvalue weighted by Gasteiger charge is 2.42. The number of aliphatic carboxylic acids is 1. The molecule has 1 saturated heterocycles. The number of hydrogen-bond acceptors (Lipinski definition) is 5. The standard InChI is InChI=1S/C27H30N2O6/c30-18-13-24(26(32)33)29(14-18)25(31)16-9-11-17(12-10-16)28-27(34)35-15-23-21-7-3-1-5-19(21)20-6-2-4-8-22(20)23/h1-8,16-18,23-24,30H,9-15H2,(H,28,34)(H,32,33)/t16?,17?,18?,24-/m0/s1. The first-order valence-electron chi connectivity index (χ1n) is 12.2. The fraction of sp³-hybridized carbons (Fsp3) is 0.444. The Hall–Kier alpha value is -3.39. The predicted octanol–water partition coefficient (Wildman–Crippen LogP) is 3.13. The molecule has 2 aliphatic carbocycles. The van der Waals surface area contributed by atoms with E-state index in [-0.39, 0.29) is 43.4 Å². The lowest BCUT2D eigenvalue weighted by atomic mass is 9.85. The van der Waals surface area contributed by atoms with E-state index in [9.17, 15) is 24.6 Å². The van der Waals surface area contributed by atoms with E-state index in [1.54, 1.807) is 0 Å². The minimum atomic E-state index is -1.08. The number of fused-ring (bicyclic) bond motifs is 3. The van der Waals surface area contributed by atoms with Gasteiger partial charge in [-0.15, -0.1) is 0 Å². The summed E-state index contributed by atoms with van der Waals surface area (Å²) in [7, 11) is 0. The van der Waals surface area contributed by atoms with Gasteiger partial charge in [-0.25, -0.2) is 9.59 Å². The smallest absolute Gasteiger partial charge is 0.407 e. The van der Waals surface area contributed by atoms with Gasteiger partial charge in [0.05, 0.1) is 6.10 Å². The van der Waals surface area contributed by atoms with Gasteiger partial charge in [-0.2, -0.15) is 0 Å². The monoisotopic (exact) mass is 478 g/mol. The van der Waals surface area contributed by atoms with Crippen LogP contribution in [-0.4, -0.2) is 64.4 Å². The number of carboxylic acids is 1. The highest BCUT2D eigenvalue weighted by molar-refractivity contribution is 5.86. The van der Waals surface area contributed by atoms with Crippen molar-refractivity contribution in [2.45, 2.75) is 56.2 Å². The van der Waals surface area contributed by atoms with Crippen molar-refractivity contribution in [3.8, 4) is 11.1 Å². The molecule has 0 aromatic heterocycles. The van der Waals surface area contributed by atoms with Crippen molar-refractivity contribution in [1.82, 2.24) is 10.2 Å². The number of alkyl carbamates (subject to hydrolysis) is 1. The van der Waals surface area contributed by atoms with Crippen LogP contribution in [0.15, 0.2) is 48.5 Å². The fourth-order valence-electron chi connectivity index (χ4n) is 5.82. The molecule has 1 aliphatic heterocycles. The summed E-state index contributed by atoms with van der Waals surface area (Å²) in [6, 6.07) is 15.3. The van der Waals surface area contributed by atoms with Crippen LogP contribution in [-0.2, 0) is 14.3 Å². The Labute approximate surface area is 203 Å². The van der Waals surface area contributed by atoms with Crippen molar-refractivity contribution in [1.29, 1.82) is 0 Å². The average Bonchev–Trinajstić information content (AvgIpc) is 3.41. The van der Waals surface area contributed by atoms with Crippen LogP contribution < -0.4 is 5.32 Å². The Morgan fingerprint density at radius 2 is 1.54 bits per heavy atom. The first-order valence-corrected chi connectivity index (χ1v) is 12.2. The molecular weight excluding hydrogens is 448 g/mol. The van der Waals surface area contributed by atoms with Crippen LogP contribution in [0.1, 0.15) is 49.1 Å². The number of carbonyl (C=O) groups is 3. The van der Waals surface area contributed by atoms with Crippen molar-refractivity contribution in [2.24, 2.45) is 5.92 Å². The van der Waals surface area contributed by atoms with Crippen molar-refractivity contribution in [3.05, 3.63) is 59.7 Å². The summed E-state index contributed by atoms with van der Waals surface area (Å²) < 4.78 is 5.63. The van der Waals surface area contributed by atoms with Gasteiger partial charge in [0, 0.05) is 30.8 Å². The molecule has 2 aromatic rings. The van der Waals surface area contributed by atoms with Gasteiger partial charge in [-0.05, 0) is 47.9 Å². The molecular formula is C27H30N2O6. The number of carbonyl (C=O) groups excluding carboxylic acids is 2. The number of benzene rings is 2. The third-order valence-electron chi connectivity index (χ3n) is 7.59. The zero-order chi connectivity index (χ0) is 24.5. The van der Waals surface area contributed by atoms with Gasteiger partial charge >= 0.3 is 12.1 Å². The summed E-state index contributed by atoms with van der Waals surface area (Å²) in [4.78, 5) is 38.2. The quantitative estimate of drug-likeness (QED) is 0.608. The zero-order valence-corrected chi connectivity index (χ0v) is 19.4. The van der Waals surface area contributed by atoms with Crippen molar-refractivity contribution in [3.63, 3.8) is 0 Å². The van der Waals surface area contributed by atoms with E-state index >= 15 is 0 Å². The van der Waals surface area contributed by atoms with E-state index in [1.165, 1.54) is 16.0 Å². The first-order chi connectivity index (χ1) is 16.9. The predicted molar refractivity (Wildman–Crippen MR) is 128 cm³/mol. The van der Waals surface area contributed by atoms with E-state index in [2.05, 4.69) is 29.6 Å². The highest BCUT2D eigenvalue weighted by atomic mass is 16.5. The molecule has 184 valence electrons. The minimum Gasteiger partial charge on any atom is -0.480 e. The molecule has 2 atom stereocenters. The number of nitrogens with zero attached hydrogens (tertiary/aromatic N) is 1. The second-order valence-corrected chi connectivity index (χ2v) is 9.75. The zero-order valence-electron chi connectivity index (χ0n) is 19.4. The Balaban J connectivity index is 1.12. The van der Waals surface area contributed by atoms with Gasteiger partial charge < -0.3 is 25.2 Å². The van der Waals surface area contributed by atoms with Gasteiger partial charge in [0.1, 0.15) is 12.6 Å². The second kappa shape index (κ2) is 9.70. The summed E-state index contributed by atoms with van der Waals surface area (Å²) in [5.74, 6) is -1.59. The van der Waals surface area contributed by atoms with Gasteiger partial charge in [-0.3, -0.25) is 4.79 Å². The van der Waals surface area contributed by atoms with E-state index in [1.807, 2.05) is 24.3 Å². The third-order valence-corrected chi connectivity index (χ3v) is 7.59. The molecule has 3 aliphatic rings. The SMILES string of the molecule is O=C(NC1CCC(C(=O)N2CC(O)C[C@H]2C(=O)O)CC1)OCC1c2ccccc2-c2ccccc21. The molecule has 1 heterocycles. The topological polar surface area (TPSA) is 116 Å². The van der Waals surface area contributed by atoms with Crippen molar-refractivity contribution >= 4 is 18.0 Å². The van der Waals surface area contributed by atoms with Crippen molar-refractivity contribution < 1.29 is 29.3 Å². The molecule has 0 bridgehead atoms. The number of amides is 2. The largest absolute Gasteiger partial charge is 0.480 e. The number of aliphatic hydroxyl groups excluding tert-OH is 1. The molecule has 8 nitrogen and oxygen atoms in total. The Morgan fingerprint density at radius 1 is 0.943 bits per heavy atom. The number of rotatable bonds is 5. The Kier molecular flexibility index (Phi) is 6.47. The molecule has 2 aromatic carbocycles. The lowest BCUT2D eigenvalue weighted by Crippen LogP contribution is -2.46. The molecule has 5 rings (SSSR count). The molecule has 0 radical (unpaired) electrons. The van der Waals surface area contributed by atoms with Crippen LogP contribution in [0.3, 0.4) is 0 Å². The molecule has 8 heteroatoms. The first kappa shape index (κ1) is 23.4. The normalized spacial score (nSPS) is 25.6. The number of likely N-dealkylation sites (tertiary alicyclic amines) is 1. The van der Waals surface area contributed by atoms with Crippen LogP contribution in [0.2, 0.25) is 0 Å². The van der Waals surface area contributed by atoms with Crippen molar-refractivity contribution in [2.75, 3.05) is 13.2 Å². The van der Waals surface area contributed by atoms with Crippen LogP contribution in [0.25, 0.3) is 11.1 Å². The van der Waals surface area contributed by atoms with Crippen LogP contribution in [0.5, 0.6) is 0 Å². The number of β-amino-alcohol motifs (C(OH)–C–C–N with tert-alkyl or cyclic N) is 1. The van der Waals surface area contributed by atoms with Gasteiger partial charge in [-0.1, -0.05) is 48.5 Å². The molecule has 35 heavy (non-hydrogen) atoms. The third kappa shape index (κ3) is 4.62. The molecule has 2 fully saturated rings. The molecule has 2 amide bonds. The summed E-state index contributed by atoms with van der Waals surface area (Å²) >= 11 is 0.